The zero-order valence-corrected chi connectivity index (χ0v) is 14.2. The summed E-state index contributed by atoms with van der Waals surface area (Å²) in [4.78, 5) is 0. The van der Waals surface area contributed by atoms with Gasteiger partial charge in [-0.15, -0.1) is 0 Å². The zero-order chi connectivity index (χ0) is 14.7. The van der Waals surface area contributed by atoms with Crippen molar-refractivity contribution in [1.29, 1.82) is 0 Å². The van der Waals surface area contributed by atoms with E-state index in [0.717, 1.165) is 18.4 Å². The van der Waals surface area contributed by atoms with Crippen molar-refractivity contribution in [2.75, 3.05) is 13.7 Å². The number of nitrogens with one attached hydrogen (secondary N) is 1. The van der Waals surface area contributed by atoms with Crippen LogP contribution in [0.25, 0.3) is 0 Å². The van der Waals surface area contributed by atoms with E-state index >= 15 is 0 Å². The van der Waals surface area contributed by atoms with Crippen molar-refractivity contribution < 1.29 is 4.74 Å². The van der Waals surface area contributed by atoms with Crippen LogP contribution in [-0.4, -0.2) is 25.3 Å². The van der Waals surface area contributed by atoms with Crippen molar-refractivity contribution in [1.82, 2.24) is 5.32 Å². The van der Waals surface area contributed by atoms with E-state index in [2.05, 4.69) is 53.9 Å². The summed E-state index contributed by atoms with van der Waals surface area (Å²) in [6.45, 7) is 14.5. The van der Waals surface area contributed by atoms with Crippen LogP contribution in [0.2, 0.25) is 0 Å². The molecule has 1 aliphatic rings. The lowest BCUT2D eigenvalue weighted by molar-refractivity contribution is -0.0170. The fraction of sp³-hybridized carbons (Fsp3) is 1.00. The van der Waals surface area contributed by atoms with Crippen LogP contribution >= 0.6 is 0 Å². The number of hydrogen-bond donors (Lipinski definition) is 1. The fourth-order valence-corrected chi connectivity index (χ4v) is 3.27. The molecule has 1 N–H and O–H groups in total. The van der Waals surface area contributed by atoms with Crippen molar-refractivity contribution in [3.63, 3.8) is 0 Å². The lowest BCUT2D eigenvalue weighted by Crippen LogP contribution is -2.42. The monoisotopic (exact) mass is 269 g/mol. The summed E-state index contributed by atoms with van der Waals surface area (Å²) in [7, 11) is 2.11. The van der Waals surface area contributed by atoms with Crippen LogP contribution in [0.3, 0.4) is 0 Å². The molecule has 0 aliphatic heterocycles. The second-order valence-electron chi connectivity index (χ2n) is 8.28. The SMILES string of the molecule is CNC1CCC(C(C)(C)C)CC1CCOC(C)(C)C. The lowest BCUT2D eigenvalue weighted by Gasteiger charge is -2.42. The highest BCUT2D eigenvalue weighted by Crippen LogP contribution is 2.41. The summed E-state index contributed by atoms with van der Waals surface area (Å²) >= 11 is 0. The van der Waals surface area contributed by atoms with E-state index in [9.17, 15) is 0 Å². The summed E-state index contributed by atoms with van der Waals surface area (Å²) in [5, 5.41) is 3.52. The first-order valence-electron chi connectivity index (χ1n) is 7.94. The fourth-order valence-electron chi connectivity index (χ4n) is 3.27. The first-order valence-corrected chi connectivity index (χ1v) is 7.94. The summed E-state index contributed by atoms with van der Waals surface area (Å²) < 4.78 is 5.92. The van der Waals surface area contributed by atoms with Crippen molar-refractivity contribution in [3.8, 4) is 0 Å². The number of hydrogen-bond acceptors (Lipinski definition) is 2. The Morgan fingerprint density at radius 3 is 2.16 bits per heavy atom. The Hall–Kier alpha value is -0.0800. The Kier molecular flexibility index (Phi) is 5.88. The molecule has 0 amide bonds. The topological polar surface area (TPSA) is 21.3 Å². The molecule has 1 saturated carbocycles. The van der Waals surface area contributed by atoms with Gasteiger partial charge in [0.05, 0.1) is 5.60 Å². The maximum atomic E-state index is 5.92. The molecule has 0 bridgehead atoms. The third kappa shape index (κ3) is 5.83. The normalized spacial score (nSPS) is 29.5. The summed E-state index contributed by atoms with van der Waals surface area (Å²) in [6.07, 6.45) is 5.22. The molecule has 0 spiro atoms. The molecular formula is C17H35NO. The Morgan fingerprint density at radius 1 is 1.05 bits per heavy atom. The molecule has 0 radical (unpaired) electrons. The standard InChI is InChI=1S/C17H35NO/c1-16(2,3)14-8-9-15(18-7)13(12-14)10-11-19-17(4,5)6/h13-15,18H,8-12H2,1-7H3. The van der Waals surface area contributed by atoms with Crippen LogP contribution < -0.4 is 5.32 Å². The predicted molar refractivity (Wildman–Crippen MR) is 83.5 cm³/mol. The van der Waals surface area contributed by atoms with E-state index in [1.54, 1.807) is 0 Å². The largest absolute Gasteiger partial charge is 0.376 e. The van der Waals surface area contributed by atoms with E-state index in [4.69, 9.17) is 4.74 Å². The van der Waals surface area contributed by atoms with E-state index in [1.165, 1.54) is 25.7 Å². The Labute approximate surface area is 120 Å². The minimum Gasteiger partial charge on any atom is -0.376 e. The van der Waals surface area contributed by atoms with Crippen molar-refractivity contribution in [2.24, 2.45) is 17.3 Å². The second kappa shape index (κ2) is 6.58. The van der Waals surface area contributed by atoms with Gasteiger partial charge in [0.25, 0.3) is 0 Å². The van der Waals surface area contributed by atoms with Crippen molar-refractivity contribution in [2.45, 2.75) is 78.9 Å². The summed E-state index contributed by atoms with van der Waals surface area (Å²) in [5.74, 6) is 1.63. The van der Waals surface area contributed by atoms with Gasteiger partial charge in [-0.25, -0.2) is 0 Å². The second-order valence-corrected chi connectivity index (χ2v) is 8.28. The van der Waals surface area contributed by atoms with Crippen molar-refractivity contribution in [3.05, 3.63) is 0 Å². The Balaban J connectivity index is 2.51. The lowest BCUT2D eigenvalue weighted by atomic mass is 9.67. The molecule has 1 rings (SSSR count). The number of rotatable bonds is 4. The maximum Gasteiger partial charge on any atom is 0.0598 e. The molecule has 0 heterocycles. The van der Waals surface area contributed by atoms with Crippen LogP contribution in [0.4, 0.5) is 0 Å². The van der Waals surface area contributed by atoms with Crippen LogP contribution in [0.15, 0.2) is 0 Å². The van der Waals surface area contributed by atoms with Gasteiger partial charge in [0.2, 0.25) is 0 Å². The molecule has 3 atom stereocenters. The molecule has 0 aromatic rings. The molecule has 1 aliphatic carbocycles. The quantitative estimate of drug-likeness (QED) is 0.824. The van der Waals surface area contributed by atoms with Gasteiger partial charge in [-0.3, -0.25) is 0 Å². The maximum absolute atomic E-state index is 5.92. The van der Waals surface area contributed by atoms with E-state index in [1.807, 2.05) is 0 Å². The van der Waals surface area contributed by atoms with E-state index in [-0.39, 0.29) is 5.60 Å². The van der Waals surface area contributed by atoms with Gasteiger partial charge in [0, 0.05) is 12.6 Å². The smallest absolute Gasteiger partial charge is 0.0598 e. The van der Waals surface area contributed by atoms with Gasteiger partial charge in [-0.1, -0.05) is 20.8 Å². The Morgan fingerprint density at radius 2 is 1.68 bits per heavy atom. The predicted octanol–water partition coefficient (Wildman–Crippen LogP) is 4.24. The van der Waals surface area contributed by atoms with E-state index in [0.29, 0.717) is 11.5 Å². The minimum atomic E-state index is -0.00671. The number of ether oxygens (including phenoxy) is 1. The molecule has 0 saturated heterocycles. The molecule has 0 aromatic carbocycles. The third-order valence-corrected chi connectivity index (χ3v) is 4.60. The Bertz CT molecular complexity index is 261. The van der Waals surface area contributed by atoms with Crippen molar-refractivity contribution >= 4 is 0 Å². The zero-order valence-electron chi connectivity index (χ0n) is 14.2. The van der Waals surface area contributed by atoms with Crippen LogP contribution in [0.1, 0.15) is 67.2 Å². The first kappa shape index (κ1) is 17.0. The highest BCUT2D eigenvalue weighted by molar-refractivity contribution is 4.88. The molecule has 2 heteroatoms. The first-order chi connectivity index (χ1) is 8.63. The summed E-state index contributed by atoms with van der Waals surface area (Å²) in [6, 6.07) is 0.683. The van der Waals surface area contributed by atoms with Gasteiger partial charge < -0.3 is 10.1 Å². The van der Waals surface area contributed by atoms with Gasteiger partial charge in [-0.05, 0) is 70.8 Å². The van der Waals surface area contributed by atoms with Gasteiger partial charge in [-0.2, -0.15) is 0 Å². The highest BCUT2D eigenvalue weighted by Gasteiger charge is 2.35. The van der Waals surface area contributed by atoms with Gasteiger partial charge in [0.1, 0.15) is 0 Å². The van der Waals surface area contributed by atoms with Gasteiger partial charge in [0.15, 0.2) is 0 Å². The molecular weight excluding hydrogens is 234 g/mol. The van der Waals surface area contributed by atoms with Crippen LogP contribution in [0, 0.1) is 17.3 Å². The van der Waals surface area contributed by atoms with Gasteiger partial charge >= 0.3 is 0 Å². The molecule has 0 aromatic heterocycles. The highest BCUT2D eigenvalue weighted by atomic mass is 16.5. The average molecular weight is 269 g/mol. The van der Waals surface area contributed by atoms with Crippen LogP contribution in [-0.2, 0) is 4.74 Å². The molecule has 2 nitrogen and oxygen atoms in total. The molecule has 3 unspecified atom stereocenters. The summed E-state index contributed by atoms with van der Waals surface area (Å²) in [5.41, 5.74) is 0.440. The average Bonchev–Trinajstić information content (AvgIpc) is 2.26. The minimum absolute atomic E-state index is 0.00671. The van der Waals surface area contributed by atoms with Crippen LogP contribution in [0.5, 0.6) is 0 Å². The third-order valence-electron chi connectivity index (χ3n) is 4.60. The van der Waals surface area contributed by atoms with E-state index < -0.39 is 0 Å². The molecule has 1 fully saturated rings. The molecule has 114 valence electrons. The molecule has 19 heavy (non-hydrogen) atoms.